The number of benzene rings is 6. The second-order valence-electron chi connectivity index (χ2n) is 17.0. The highest BCUT2D eigenvalue weighted by molar-refractivity contribution is 6.98. The molecule has 2 aliphatic rings. The molecule has 0 bridgehead atoms. The van der Waals surface area contributed by atoms with E-state index in [2.05, 4.69) is 169 Å². The molecule has 2 aliphatic heterocycles. The number of para-hydroxylation sites is 2. The Hall–Kier alpha value is -5.22. The number of nitrogens with zero attached hydrogens (tertiary/aromatic N) is 1. The van der Waals surface area contributed by atoms with E-state index in [1.54, 1.807) is 0 Å². The highest BCUT2D eigenvalue weighted by atomic mass is 16.5. The molecular weight excluding hydrogens is 621 g/mol. The molecule has 0 N–H and O–H groups in total. The fourth-order valence-electron chi connectivity index (χ4n) is 8.69. The van der Waals surface area contributed by atoms with Gasteiger partial charge >= 0.3 is 0 Å². The number of anilines is 3. The zero-order chi connectivity index (χ0) is 35.4. The Morgan fingerprint density at radius 1 is 0.569 bits per heavy atom. The summed E-state index contributed by atoms with van der Waals surface area (Å²) >= 11 is 0. The third-order valence-corrected chi connectivity index (χ3v) is 11.2. The van der Waals surface area contributed by atoms with Gasteiger partial charge in [-0.1, -0.05) is 122 Å². The summed E-state index contributed by atoms with van der Waals surface area (Å²) in [5.74, 6) is 1.93. The van der Waals surface area contributed by atoms with Crippen LogP contribution >= 0.6 is 0 Å². The number of furan rings is 1. The van der Waals surface area contributed by atoms with Crippen molar-refractivity contribution in [3.05, 3.63) is 144 Å². The number of fused-ring (bicyclic) bond motifs is 7. The van der Waals surface area contributed by atoms with Crippen molar-refractivity contribution in [2.45, 2.75) is 71.6 Å². The molecule has 3 nitrogen and oxygen atoms in total. The van der Waals surface area contributed by atoms with E-state index in [0.29, 0.717) is 0 Å². The first kappa shape index (κ1) is 31.7. The highest BCUT2D eigenvalue weighted by Crippen LogP contribution is 2.46. The standard InChI is InChI=1S/C47H44BNO2/c1-45(2,3)29-18-23-41-38(26-29)48-37-22-19-32(28-36(37)47(7,8)43-35(46(4,5)6)21-25-42(51-41)44(43)48)49(30-14-10-9-11-15-30)31-20-24-40-34(27-31)33-16-12-13-17-39(33)50-40/h9-28H,1-8H3. The molecule has 0 aliphatic carbocycles. The minimum atomic E-state index is -0.286. The van der Waals surface area contributed by atoms with Gasteiger partial charge in [0.15, 0.2) is 0 Å². The van der Waals surface area contributed by atoms with Gasteiger partial charge in [0.2, 0.25) is 0 Å². The topological polar surface area (TPSA) is 25.6 Å². The lowest BCUT2D eigenvalue weighted by Gasteiger charge is -2.45. The maximum absolute atomic E-state index is 6.79. The van der Waals surface area contributed by atoms with Crippen LogP contribution in [-0.4, -0.2) is 6.71 Å². The monoisotopic (exact) mass is 665 g/mol. The Bertz CT molecular complexity index is 2510. The summed E-state index contributed by atoms with van der Waals surface area (Å²) in [4.78, 5) is 2.39. The number of hydrogen-bond donors (Lipinski definition) is 0. The van der Waals surface area contributed by atoms with Crippen molar-refractivity contribution in [1.29, 1.82) is 0 Å². The lowest BCUT2D eigenvalue weighted by molar-refractivity contribution is 0.479. The minimum absolute atomic E-state index is 0.0175. The van der Waals surface area contributed by atoms with Gasteiger partial charge in [0.05, 0.1) is 0 Å². The van der Waals surface area contributed by atoms with Crippen LogP contribution in [-0.2, 0) is 16.2 Å². The van der Waals surface area contributed by atoms with Gasteiger partial charge in [-0.2, -0.15) is 0 Å². The zero-order valence-corrected chi connectivity index (χ0v) is 30.9. The highest BCUT2D eigenvalue weighted by Gasteiger charge is 2.47. The van der Waals surface area contributed by atoms with Crippen LogP contribution in [0.3, 0.4) is 0 Å². The van der Waals surface area contributed by atoms with Crippen molar-refractivity contribution in [2.75, 3.05) is 4.90 Å². The summed E-state index contributed by atoms with van der Waals surface area (Å²) in [6.07, 6.45) is 0. The molecule has 3 heterocycles. The van der Waals surface area contributed by atoms with Crippen molar-refractivity contribution in [2.24, 2.45) is 0 Å². The van der Waals surface area contributed by atoms with Crippen LogP contribution in [0.1, 0.15) is 77.6 Å². The molecule has 0 atom stereocenters. The van der Waals surface area contributed by atoms with Crippen LogP contribution < -0.4 is 26.0 Å². The molecule has 0 fully saturated rings. The molecule has 51 heavy (non-hydrogen) atoms. The van der Waals surface area contributed by atoms with Crippen molar-refractivity contribution < 1.29 is 9.15 Å². The predicted octanol–water partition coefficient (Wildman–Crippen LogP) is 10.9. The van der Waals surface area contributed by atoms with E-state index < -0.39 is 0 Å². The number of hydrogen-bond acceptors (Lipinski definition) is 3. The van der Waals surface area contributed by atoms with Crippen LogP contribution in [0.2, 0.25) is 0 Å². The zero-order valence-electron chi connectivity index (χ0n) is 30.9. The van der Waals surface area contributed by atoms with E-state index in [0.717, 1.165) is 50.5 Å². The molecule has 252 valence electrons. The lowest BCUT2D eigenvalue weighted by Crippen LogP contribution is -2.63. The Kier molecular flexibility index (Phi) is 6.78. The van der Waals surface area contributed by atoms with E-state index in [1.165, 1.54) is 38.6 Å². The van der Waals surface area contributed by atoms with Gasteiger partial charge in [-0.05, 0) is 105 Å². The van der Waals surface area contributed by atoms with Gasteiger partial charge in [-0.15, -0.1) is 0 Å². The van der Waals surface area contributed by atoms with Crippen molar-refractivity contribution in [3.8, 4) is 11.5 Å². The van der Waals surface area contributed by atoms with Crippen molar-refractivity contribution >= 4 is 62.1 Å². The number of rotatable bonds is 3. The molecule has 4 heteroatoms. The maximum atomic E-state index is 6.79. The Morgan fingerprint density at radius 2 is 1.25 bits per heavy atom. The molecule has 7 aromatic rings. The number of ether oxygens (including phenoxy) is 1. The second kappa shape index (κ2) is 10.9. The summed E-state index contributed by atoms with van der Waals surface area (Å²) in [6.45, 7) is 18.8. The predicted molar refractivity (Wildman–Crippen MR) is 216 cm³/mol. The average Bonchev–Trinajstić information content (AvgIpc) is 3.47. The van der Waals surface area contributed by atoms with E-state index in [-0.39, 0.29) is 23.0 Å². The van der Waals surface area contributed by atoms with Crippen LogP contribution in [0.15, 0.2) is 126 Å². The molecule has 1 aromatic heterocycles. The van der Waals surface area contributed by atoms with Gasteiger partial charge in [0.25, 0.3) is 6.71 Å². The maximum Gasteiger partial charge on any atom is 0.251 e. The Balaban J connectivity index is 1.30. The molecule has 6 aromatic carbocycles. The quantitative estimate of drug-likeness (QED) is 0.176. The smallest absolute Gasteiger partial charge is 0.251 e. The molecule has 0 saturated heterocycles. The van der Waals surface area contributed by atoms with Crippen LogP contribution in [0.4, 0.5) is 17.1 Å². The van der Waals surface area contributed by atoms with Crippen molar-refractivity contribution in [1.82, 2.24) is 0 Å². The normalized spacial score (nSPS) is 14.5. The molecule has 0 saturated carbocycles. The summed E-state index contributed by atoms with van der Waals surface area (Å²) in [6, 6.07) is 44.2. The third kappa shape index (κ3) is 4.87. The first-order chi connectivity index (χ1) is 24.3. The van der Waals surface area contributed by atoms with E-state index in [1.807, 2.05) is 12.1 Å². The Morgan fingerprint density at radius 3 is 2.02 bits per heavy atom. The second-order valence-corrected chi connectivity index (χ2v) is 17.0. The average molecular weight is 666 g/mol. The first-order valence-electron chi connectivity index (χ1n) is 18.2. The fraction of sp³-hybridized carbons (Fsp3) is 0.234. The lowest BCUT2D eigenvalue weighted by atomic mass is 9.30. The fourth-order valence-corrected chi connectivity index (χ4v) is 8.69. The van der Waals surface area contributed by atoms with E-state index in [9.17, 15) is 0 Å². The van der Waals surface area contributed by atoms with Gasteiger partial charge in [0, 0.05) is 33.2 Å². The molecule has 0 unspecified atom stereocenters. The minimum Gasteiger partial charge on any atom is -0.458 e. The van der Waals surface area contributed by atoms with Crippen LogP contribution in [0.25, 0.3) is 21.9 Å². The third-order valence-electron chi connectivity index (χ3n) is 11.2. The first-order valence-corrected chi connectivity index (χ1v) is 18.2. The molecule has 0 amide bonds. The van der Waals surface area contributed by atoms with E-state index in [4.69, 9.17) is 9.15 Å². The molecule has 0 radical (unpaired) electrons. The van der Waals surface area contributed by atoms with Crippen LogP contribution in [0, 0.1) is 0 Å². The van der Waals surface area contributed by atoms with Gasteiger partial charge < -0.3 is 14.1 Å². The van der Waals surface area contributed by atoms with Crippen LogP contribution in [0.5, 0.6) is 11.5 Å². The molecule has 9 rings (SSSR count). The van der Waals surface area contributed by atoms with Gasteiger partial charge in [-0.25, -0.2) is 0 Å². The Labute approximate surface area is 302 Å². The van der Waals surface area contributed by atoms with E-state index >= 15 is 0 Å². The van der Waals surface area contributed by atoms with Crippen molar-refractivity contribution in [3.63, 3.8) is 0 Å². The summed E-state index contributed by atoms with van der Waals surface area (Å²) in [5, 5.41) is 2.25. The summed E-state index contributed by atoms with van der Waals surface area (Å²) in [5.41, 5.74) is 14.2. The van der Waals surface area contributed by atoms with Gasteiger partial charge in [0.1, 0.15) is 22.7 Å². The summed E-state index contributed by atoms with van der Waals surface area (Å²) in [7, 11) is 0. The SMILES string of the molecule is CC(C)(C)c1ccc2c(c1)B1c3ccc(N(c4ccccc4)c4ccc5oc6ccccc6c5c4)cc3C(C)(C)c3c(C(C)(C)C)ccc(c31)O2. The molecular formula is C47H44BNO2. The van der Waals surface area contributed by atoms with Gasteiger partial charge in [-0.3, -0.25) is 0 Å². The molecule has 0 spiro atoms. The summed E-state index contributed by atoms with van der Waals surface area (Å²) < 4.78 is 13.0. The largest absolute Gasteiger partial charge is 0.458 e.